The van der Waals surface area contributed by atoms with Crippen molar-refractivity contribution in [2.24, 2.45) is 4.99 Å². The highest BCUT2D eigenvalue weighted by molar-refractivity contribution is 7.89. The van der Waals surface area contributed by atoms with Crippen LogP contribution in [-0.2, 0) is 16.6 Å². The van der Waals surface area contributed by atoms with Gasteiger partial charge in [-0.25, -0.2) is 8.42 Å². The quantitative estimate of drug-likeness (QED) is 0.515. The normalized spacial score (nSPS) is 15.9. The number of thiazole rings is 1. The number of hydrogen-bond acceptors (Lipinski definition) is 5. The summed E-state index contributed by atoms with van der Waals surface area (Å²) >= 11 is 1.42. The van der Waals surface area contributed by atoms with Gasteiger partial charge < -0.3 is 9.30 Å². The third-order valence-corrected chi connectivity index (χ3v) is 9.24. The van der Waals surface area contributed by atoms with E-state index in [9.17, 15) is 13.2 Å². The van der Waals surface area contributed by atoms with E-state index >= 15 is 0 Å². The molecule has 4 rings (SSSR count). The number of aryl methyl sites for hydroxylation is 1. The van der Waals surface area contributed by atoms with Gasteiger partial charge in [-0.2, -0.15) is 9.30 Å². The second-order valence-corrected chi connectivity index (χ2v) is 11.2. The van der Waals surface area contributed by atoms with Gasteiger partial charge in [0.1, 0.15) is 5.75 Å². The van der Waals surface area contributed by atoms with Crippen LogP contribution in [0.3, 0.4) is 0 Å². The lowest BCUT2D eigenvalue weighted by atomic mass is 9.96. The summed E-state index contributed by atoms with van der Waals surface area (Å²) in [5, 5.41) is 0. The number of aromatic nitrogens is 1. The van der Waals surface area contributed by atoms with E-state index in [4.69, 9.17) is 4.74 Å². The van der Waals surface area contributed by atoms with Gasteiger partial charge in [0.15, 0.2) is 4.80 Å². The second-order valence-electron chi connectivity index (χ2n) is 8.22. The van der Waals surface area contributed by atoms with Crippen molar-refractivity contribution in [2.75, 3.05) is 14.2 Å². The van der Waals surface area contributed by atoms with Gasteiger partial charge in [0.05, 0.1) is 22.2 Å². The monoisotopic (exact) mass is 487 g/mol. The molecule has 9 heteroatoms. The highest BCUT2D eigenvalue weighted by Gasteiger charge is 2.29. The predicted molar refractivity (Wildman–Crippen MR) is 130 cm³/mol. The van der Waals surface area contributed by atoms with Crippen molar-refractivity contribution in [2.45, 2.75) is 56.5 Å². The Balaban J connectivity index is 1.60. The van der Waals surface area contributed by atoms with Crippen LogP contribution < -0.4 is 9.54 Å². The van der Waals surface area contributed by atoms with Gasteiger partial charge in [0.25, 0.3) is 5.91 Å². The minimum absolute atomic E-state index is 0.0381. The van der Waals surface area contributed by atoms with Crippen molar-refractivity contribution in [3.8, 4) is 5.75 Å². The molecule has 1 saturated carbocycles. The maximum atomic E-state index is 13.0. The van der Waals surface area contributed by atoms with Gasteiger partial charge >= 0.3 is 0 Å². The van der Waals surface area contributed by atoms with E-state index in [1.807, 2.05) is 29.7 Å². The predicted octanol–water partition coefficient (Wildman–Crippen LogP) is 4.43. The van der Waals surface area contributed by atoms with Gasteiger partial charge in [-0.3, -0.25) is 4.79 Å². The average Bonchev–Trinajstić information content (AvgIpc) is 3.19. The number of methoxy groups -OCH3 is 1. The zero-order valence-corrected chi connectivity index (χ0v) is 20.8. The smallest absolute Gasteiger partial charge is 0.279 e. The van der Waals surface area contributed by atoms with Crippen molar-refractivity contribution < 1.29 is 17.9 Å². The molecule has 176 valence electrons. The van der Waals surface area contributed by atoms with Crippen molar-refractivity contribution >= 4 is 37.5 Å². The SMILES string of the molecule is CCn1c(=NC(=O)c2ccc(S(=O)(=O)N(C)C3CCCCC3)cc2)sc2cc(OC)ccc21. The molecule has 0 unspecified atom stereocenters. The lowest BCUT2D eigenvalue weighted by molar-refractivity contribution is 0.0997. The molecule has 0 N–H and O–H groups in total. The number of carbonyl (C=O) groups excluding carboxylic acids is 1. The summed E-state index contributed by atoms with van der Waals surface area (Å²) in [5.74, 6) is 0.347. The molecule has 3 aromatic rings. The molecule has 0 atom stereocenters. The van der Waals surface area contributed by atoms with Crippen LogP contribution in [0, 0.1) is 0 Å². The molecule has 33 heavy (non-hydrogen) atoms. The number of ether oxygens (including phenoxy) is 1. The summed E-state index contributed by atoms with van der Waals surface area (Å²) in [7, 11) is -0.325. The largest absolute Gasteiger partial charge is 0.497 e. The van der Waals surface area contributed by atoms with Crippen LogP contribution in [0.15, 0.2) is 52.4 Å². The summed E-state index contributed by atoms with van der Waals surface area (Å²) in [6, 6.07) is 11.9. The third-order valence-electron chi connectivity index (χ3n) is 6.27. The topological polar surface area (TPSA) is 81.0 Å². The highest BCUT2D eigenvalue weighted by Crippen LogP contribution is 2.27. The molecular formula is C24H29N3O4S2. The molecule has 1 heterocycles. The Bertz CT molecular complexity index is 1320. The van der Waals surface area contributed by atoms with Crippen LogP contribution in [0.25, 0.3) is 10.2 Å². The molecule has 0 bridgehead atoms. The Kier molecular flexibility index (Phi) is 7.02. The molecule has 0 aliphatic heterocycles. The molecule has 0 radical (unpaired) electrons. The molecule has 1 aliphatic carbocycles. The number of fused-ring (bicyclic) bond motifs is 1. The Morgan fingerprint density at radius 3 is 2.48 bits per heavy atom. The molecule has 1 aromatic heterocycles. The summed E-state index contributed by atoms with van der Waals surface area (Å²) in [6.07, 6.45) is 5.06. The van der Waals surface area contributed by atoms with E-state index in [-0.39, 0.29) is 10.9 Å². The van der Waals surface area contributed by atoms with E-state index in [0.717, 1.165) is 48.1 Å². The second kappa shape index (κ2) is 9.79. The fraction of sp³-hybridized carbons (Fsp3) is 0.417. The van der Waals surface area contributed by atoms with Crippen molar-refractivity contribution in [3.05, 3.63) is 52.8 Å². The zero-order chi connectivity index (χ0) is 23.6. The van der Waals surface area contributed by atoms with Crippen molar-refractivity contribution in [1.29, 1.82) is 0 Å². The first-order valence-electron chi connectivity index (χ1n) is 11.2. The lowest BCUT2D eigenvalue weighted by Gasteiger charge is -2.30. The van der Waals surface area contributed by atoms with E-state index in [1.54, 1.807) is 26.3 Å². The van der Waals surface area contributed by atoms with Crippen LogP contribution in [0.4, 0.5) is 0 Å². The summed E-state index contributed by atoms with van der Waals surface area (Å²) in [5.41, 5.74) is 1.34. The molecule has 2 aromatic carbocycles. The van der Waals surface area contributed by atoms with Gasteiger partial charge in [0, 0.05) is 25.2 Å². The van der Waals surface area contributed by atoms with Gasteiger partial charge in [-0.15, -0.1) is 0 Å². The van der Waals surface area contributed by atoms with Crippen LogP contribution >= 0.6 is 11.3 Å². The average molecular weight is 488 g/mol. The van der Waals surface area contributed by atoms with E-state index in [1.165, 1.54) is 27.8 Å². The summed E-state index contributed by atoms with van der Waals surface area (Å²) in [6.45, 7) is 2.67. The van der Waals surface area contributed by atoms with Gasteiger partial charge in [-0.05, 0) is 62.2 Å². The maximum Gasteiger partial charge on any atom is 0.279 e. The van der Waals surface area contributed by atoms with E-state index in [2.05, 4.69) is 4.99 Å². The number of carbonyl (C=O) groups is 1. The van der Waals surface area contributed by atoms with E-state index < -0.39 is 15.9 Å². The number of hydrogen-bond donors (Lipinski definition) is 0. The molecule has 7 nitrogen and oxygen atoms in total. The van der Waals surface area contributed by atoms with Crippen LogP contribution in [-0.4, -0.2) is 43.4 Å². The standard InChI is InChI=1S/C24H29N3O4S2/c1-4-27-21-15-12-19(31-3)16-22(21)32-24(27)25-23(28)17-10-13-20(14-11-17)33(29,30)26(2)18-8-6-5-7-9-18/h10-16,18H,4-9H2,1-3H3. The Hall–Kier alpha value is -2.49. The minimum Gasteiger partial charge on any atom is -0.497 e. The Morgan fingerprint density at radius 1 is 1.15 bits per heavy atom. The van der Waals surface area contributed by atoms with Crippen LogP contribution in [0.5, 0.6) is 5.75 Å². The Labute approximate surface area is 198 Å². The summed E-state index contributed by atoms with van der Waals surface area (Å²) < 4.78 is 35.8. The molecule has 1 fully saturated rings. The first-order chi connectivity index (χ1) is 15.8. The minimum atomic E-state index is -3.60. The van der Waals surface area contributed by atoms with E-state index in [0.29, 0.717) is 16.9 Å². The molecule has 1 aliphatic rings. The first kappa shape index (κ1) is 23.7. The number of benzene rings is 2. The summed E-state index contributed by atoms with van der Waals surface area (Å²) in [4.78, 5) is 18.0. The number of sulfonamides is 1. The van der Waals surface area contributed by atoms with Crippen LogP contribution in [0.2, 0.25) is 0 Å². The number of nitrogens with zero attached hydrogens (tertiary/aromatic N) is 3. The van der Waals surface area contributed by atoms with Gasteiger partial charge in [0.2, 0.25) is 10.0 Å². The van der Waals surface area contributed by atoms with Gasteiger partial charge in [-0.1, -0.05) is 30.6 Å². The highest BCUT2D eigenvalue weighted by atomic mass is 32.2. The Morgan fingerprint density at radius 2 is 1.85 bits per heavy atom. The van der Waals surface area contributed by atoms with Crippen molar-refractivity contribution in [3.63, 3.8) is 0 Å². The fourth-order valence-electron chi connectivity index (χ4n) is 4.30. The molecule has 1 amide bonds. The number of rotatable bonds is 6. The first-order valence-corrected chi connectivity index (χ1v) is 13.5. The fourth-order valence-corrected chi connectivity index (χ4v) is 6.84. The van der Waals surface area contributed by atoms with Crippen LogP contribution in [0.1, 0.15) is 49.4 Å². The zero-order valence-electron chi connectivity index (χ0n) is 19.2. The molecule has 0 saturated heterocycles. The molecular weight excluding hydrogens is 458 g/mol. The maximum absolute atomic E-state index is 13.0. The molecule has 0 spiro atoms. The number of amides is 1. The lowest BCUT2D eigenvalue weighted by Crippen LogP contribution is -2.38. The van der Waals surface area contributed by atoms with Crippen molar-refractivity contribution in [1.82, 2.24) is 8.87 Å². The third kappa shape index (κ3) is 4.76.